The fourth-order valence-corrected chi connectivity index (χ4v) is 4.03. The summed E-state index contributed by atoms with van der Waals surface area (Å²) in [5.41, 5.74) is 2.88. The van der Waals surface area contributed by atoms with E-state index in [4.69, 9.17) is 4.74 Å². The Bertz CT molecular complexity index is 1200. The summed E-state index contributed by atoms with van der Waals surface area (Å²) < 4.78 is 5.89. The average molecular weight is 400 g/mol. The van der Waals surface area contributed by atoms with E-state index in [9.17, 15) is 19.7 Å². The lowest BCUT2D eigenvalue weighted by Crippen LogP contribution is -2.29. The number of amides is 2. The van der Waals surface area contributed by atoms with Crippen LogP contribution in [0.5, 0.6) is 11.5 Å². The molecule has 148 valence electrons. The van der Waals surface area contributed by atoms with E-state index in [1.54, 1.807) is 24.3 Å². The Kier molecular flexibility index (Phi) is 4.10. The van der Waals surface area contributed by atoms with Gasteiger partial charge in [-0.2, -0.15) is 0 Å². The summed E-state index contributed by atoms with van der Waals surface area (Å²) in [4.78, 5) is 37.4. The first-order valence-electron chi connectivity index (χ1n) is 9.58. The Labute approximate surface area is 171 Å². The fourth-order valence-electron chi connectivity index (χ4n) is 4.03. The molecule has 3 aromatic carbocycles. The van der Waals surface area contributed by atoms with E-state index in [1.807, 2.05) is 18.2 Å². The SMILES string of the molecule is O=C1c2ccccc2C(=O)N1c1cc(Oc2ccc3c(c2)CCC3)cc([N+](=O)[O-])c1. The van der Waals surface area contributed by atoms with Crippen molar-refractivity contribution in [3.05, 3.63) is 93.0 Å². The van der Waals surface area contributed by atoms with Gasteiger partial charge in [0.2, 0.25) is 0 Å². The third-order valence-corrected chi connectivity index (χ3v) is 5.44. The number of benzene rings is 3. The first kappa shape index (κ1) is 18.1. The molecule has 7 nitrogen and oxygen atoms in total. The molecule has 1 aliphatic carbocycles. The maximum absolute atomic E-state index is 12.8. The molecule has 3 aromatic rings. The molecule has 0 spiro atoms. The number of carbonyl (C=O) groups is 2. The standard InChI is InChI=1S/C23H16N2O5/c26-22-20-6-1-2-7-21(20)23(27)24(22)16-11-17(25(28)29)13-19(12-16)30-18-9-8-14-4-3-5-15(14)10-18/h1-2,6-13H,3-5H2. The first-order chi connectivity index (χ1) is 14.5. The predicted octanol–water partition coefficient (Wildman–Crippen LogP) is 4.68. The minimum absolute atomic E-state index is 0.103. The predicted molar refractivity (Wildman–Crippen MR) is 109 cm³/mol. The van der Waals surface area contributed by atoms with Gasteiger partial charge in [0.05, 0.1) is 27.8 Å². The summed E-state index contributed by atoms with van der Waals surface area (Å²) >= 11 is 0. The first-order valence-corrected chi connectivity index (χ1v) is 9.58. The van der Waals surface area contributed by atoms with Gasteiger partial charge in [0.25, 0.3) is 17.5 Å². The number of nitro groups is 1. The summed E-state index contributed by atoms with van der Waals surface area (Å²) in [6, 6.07) is 16.2. The Balaban J connectivity index is 1.54. The van der Waals surface area contributed by atoms with Crippen molar-refractivity contribution in [2.24, 2.45) is 0 Å². The molecule has 7 heteroatoms. The topological polar surface area (TPSA) is 89.8 Å². The van der Waals surface area contributed by atoms with Gasteiger partial charge in [-0.15, -0.1) is 0 Å². The number of carbonyl (C=O) groups excluding carboxylic acids is 2. The van der Waals surface area contributed by atoms with Crippen molar-refractivity contribution in [3.8, 4) is 11.5 Å². The molecular weight excluding hydrogens is 384 g/mol. The molecule has 0 atom stereocenters. The van der Waals surface area contributed by atoms with Crippen LogP contribution in [-0.4, -0.2) is 16.7 Å². The maximum Gasteiger partial charge on any atom is 0.275 e. The Morgan fingerprint density at radius 1 is 0.833 bits per heavy atom. The van der Waals surface area contributed by atoms with Crippen LogP contribution in [-0.2, 0) is 12.8 Å². The van der Waals surface area contributed by atoms with E-state index in [1.165, 1.54) is 29.3 Å². The van der Waals surface area contributed by atoms with Crippen molar-refractivity contribution in [2.45, 2.75) is 19.3 Å². The number of anilines is 1. The number of ether oxygens (including phenoxy) is 1. The molecule has 0 N–H and O–H groups in total. The second-order valence-electron chi connectivity index (χ2n) is 7.32. The highest BCUT2D eigenvalue weighted by molar-refractivity contribution is 6.34. The molecule has 2 aliphatic rings. The van der Waals surface area contributed by atoms with Gasteiger partial charge >= 0.3 is 0 Å². The van der Waals surface area contributed by atoms with Crippen LogP contribution < -0.4 is 9.64 Å². The van der Waals surface area contributed by atoms with Crippen LogP contribution in [0.1, 0.15) is 38.3 Å². The van der Waals surface area contributed by atoms with Gasteiger partial charge in [-0.25, -0.2) is 4.90 Å². The molecule has 2 amide bonds. The van der Waals surface area contributed by atoms with E-state index in [0.29, 0.717) is 5.75 Å². The molecule has 0 aromatic heterocycles. The van der Waals surface area contributed by atoms with Crippen LogP contribution in [0.2, 0.25) is 0 Å². The minimum Gasteiger partial charge on any atom is -0.457 e. The molecule has 0 unspecified atom stereocenters. The third-order valence-electron chi connectivity index (χ3n) is 5.44. The summed E-state index contributed by atoms with van der Waals surface area (Å²) in [5, 5.41) is 11.5. The zero-order chi connectivity index (χ0) is 20.8. The van der Waals surface area contributed by atoms with Crippen molar-refractivity contribution in [1.29, 1.82) is 0 Å². The second-order valence-corrected chi connectivity index (χ2v) is 7.32. The fraction of sp³-hybridized carbons (Fsp3) is 0.130. The Morgan fingerprint density at radius 3 is 2.23 bits per heavy atom. The zero-order valence-electron chi connectivity index (χ0n) is 15.8. The van der Waals surface area contributed by atoms with Crippen LogP contribution in [0.3, 0.4) is 0 Å². The van der Waals surface area contributed by atoms with Crippen molar-refractivity contribution < 1.29 is 19.2 Å². The van der Waals surface area contributed by atoms with Crippen molar-refractivity contribution in [3.63, 3.8) is 0 Å². The van der Waals surface area contributed by atoms with Crippen molar-refractivity contribution in [1.82, 2.24) is 0 Å². The molecular formula is C23H16N2O5. The molecule has 1 heterocycles. The summed E-state index contributed by atoms with van der Waals surface area (Å²) in [5.74, 6) is -0.280. The number of nitrogens with zero attached hydrogens (tertiary/aromatic N) is 2. The van der Waals surface area contributed by atoms with Gasteiger partial charge in [0.15, 0.2) is 0 Å². The molecule has 1 aliphatic heterocycles. The summed E-state index contributed by atoms with van der Waals surface area (Å²) in [6.45, 7) is 0. The van der Waals surface area contributed by atoms with E-state index in [0.717, 1.165) is 24.2 Å². The van der Waals surface area contributed by atoms with Gasteiger partial charge in [0.1, 0.15) is 11.5 Å². The molecule has 0 saturated carbocycles. The van der Waals surface area contributed by atoms with Gasteiger partial charge in [-0.05, 0) is 54.7 Å². The quantitative estimate of drug-likeness (QED) is 0.360. The van der Waals surface area contributed by atoms with Crippen molar-refractivity contribution >= 4 is 23.2 Å². The van der Waals surface area contributed by atoms with Gasteiger partial charge < -0.3 is 4.74 Å². The lowest BCUT2D eigenvalue weighted by atomic mass is 10.1. The molecule has 0 saturated heterocycles. The number of hydrogen-bond acceptors (Lipinski definition) is 5. The monoisotopic (exact) mass is 400 g/mol. The number of hydrogen-bond donors (Lipinski definition) is 0. The average Bonchev–Trinajstić information content (AvgIpc) is 3.30. The number of non-ortho nitro benzene ring substituents is 1. The number of imide groups is 1. The third kappa shape index (κ3) is 2.91. The van der Waals surface area contributed by atoms with Crippen molar-refractivity contribution in [2.75, 3.05) is 4.90 Å². The number of fused-ring (bicyclic) bond motifs is 2. The van der Waals surface area contributed by atoms with E-state index in [2.05, 4.69) is 0 Å². The van der Waals surface area contributed by atoms with Gasteiger partial charge in [0, 0.05) is 12.1 Å². The summed E-state index contributed by atoms with van der Waals surface area (Å²) in [7, 11) is 0. The zero-order valence-corrected chi connectivity index (χ0v) is 15.8. The maximum atomic E-state index is 12.8. The highest BCUT2D eigenvalue weighted by Crippen LogP contribution is 2.36. The summed E-state index contributed by atoms with van der Waals surface area (Å²) in [6.07, 6.45) is 3.11. The largest absolute Gasteiger partial charge is 0.457 e. The minimum atomic E-state index is -0.572. The lowest BCUT2D eigenvalue weighted by Gasteiger charge is -2.15. The number of aryl methyl sites for hydroxylation is 2. The van der Waals surface area contributed by atoms with E-state index < -0.39 is 16.7 Å². The normalized spacial score (nSPS) is 14.6. The van der Waals surface area contributed by atoms with Gasteiger partial charge in [-0.1, -0.05) is 18.2 Å². The Morgan fingerprint density at radius 2 is 1.53 bits per heavy atom. The van der Waals surface area contributed by atoms with Crippen LogP contribution in [0.25, 0.3) is 0 Å². The smallest absolute Gasteiger partial charge is 0.275 e. The molecule has 30 heavy (non-hydrogen) atoms. The van der Waals surface area contributed by atoms with Gasteiger partial charge in [-0.3, -0.25) is 19.7 Å². The lowest BCUT2D eigenvalue weighted by molar-refractivity contribution is -0.384. The van der Waals surface area contributed by atoms with E-state index in [-0.39, 0.29) is 28.3 Å². The molecule has 5 rings (SSSR count). The van der Waals surface area contributed by atoms with E-state index >= 15 is 0 Å². The molecule has 0 bridgehead atoms. The second kappa shape index (κ2) is 6.81. The van der Waals surface area contributed by atoms with Crippen LogP contribution in [0, 0.1) is 10.1 Å². The van der Waals surface area contributed by atoms with Crippen LogP contribution in [0.15, 0.2) is 60.7 Å². The van der Waals surface area contributed by atoms with Crippen LogP contribution >= 0.6 is 0 Å². The number of nitro benzene ring substituents is 1. The molecule has 0 fully saturated rings. The number of rotatable bonds is 4. The highest BCUT2D eigenvalue weighted by Gasteiger charge is 2.37. The van der Waals surface area contributed by atoms with Crippen LogP contribution in [0.4, 0.5) is 11.4 Å². The highest BCUT2D eigenvalue weighted by atomic mass is 16.6. The molecule has 0 radical (unpaired) electrons. The Hall–Kier alpha value is -4.00.